The summed E-state index contributed by atoms with van der Waals surface area (Å²) in [5.74, 6) is 0. The van der Waals surface area contributed by atoms with Crippen LogP contribution in [0.4, 0.5) is 0 Å². The third-order valence-electron chi connectivity index (χ3n) is 2.84. The molecule has 0 fully saturated rings. The number of methoxy groups -OCH3 is 1. The average molecular weight is 248 g/mol. The van der Waals surface area contributed by atoms with Crippen LogP contribution in [0.5, 0.6) is 0 Å². The molecule has 1 aromatic heterocycles. The lowest BCUT2D eigenvalue weighted by atomic mass is 10.2. The standard InChI is InChI=1S/C14H20N2O2/c1-17-9-8-15-6-7-16-10-12-11-18-14-5-3-2-4-13(12)14/h2-5,11,15-16H,6-10H2,1H3. The molecule has 0 aliphatic rings. The van der Waals surface area contributed by atoms with Crippen LogP contribution in [0.2, 0.25) is 0 Å². The van der Waals surface area contributed by atoms with Gasteiger partial charge in [0.05, 0.1) is 12.9 Å². The fourth-order valence-electron chi connectivity index (χ4n) is 1.87. The normalized spacial score (nSPS) is 11.2. The first kappa shape index (κ1) is 13.1. The van der Waals surface area contributed by atoms with E-state index >= 15 is 0 Å². The van der Waals surface area contributed by atoms with Crippen molar-refractivity contribution in [2.75, 3.05) is 33.4 Å². The molecule has 0 aliphatic carbocycles. The topological polar surface area (TPSA) is 46.4 Å². The number of ether oxygens (including phenoxy) is 1. The van der Waals surface area contributed by atoms with E-state index in [0.717, 1.165) is 38.4 Å². The summed E-state index contributed by atoms with van der Waals surface area (Å²) in [5, 5.41) is 7.88. The summed E-state index contributed by atoms with van der Waals surface area (Å²) < 4.78 is 10.4. The Morgan fingerprint density at radius 3 is 2.83 bits per heavy atom. The maximum atomic E-state index is 5.49. The Balaban J connectivity index is 1.70. The minimum absolute atomic E-state index is 0.756. The van der Waals surface area contributed by atoms with Gasteiger partial charge in [-0.1, -0.05) is 18.2 Å². The molecule has 0 bridgehead atoms. The van der Waals surface area contributed by atoms with E-state index in [2.05, 4.69) is 16.7 Å². The molecule has 2 rings (SSSR count). The molecular formula is C14H20N2O2. The van der Waals surface area contributed by atoms with Crippen LogP contribution in [0.1, 0.15) is 5.56 Å². The molecule has 0 aliphatic heterocycles. The zero-order valence-electron chi connectivity index (χ0n) is 10.7. The van der Waals surface area contributed by atoms with Gasteiger partial charge < -0.3 is 19.8 Å². The fraction of sp³-hybridized carbons (Fsp3) is 0.429. The lowest BCUT2D eigenvalue weighted by molar-refractivity contribution is 0.199. The van der Waals surface area contributed by atoms with Crippen molar-refractivity contribution >= 4 is 11.0 Å². The van der Waals surface area contributed by atoms with E-state index in [0.29, 0.717) is 0 Å². The molecule has 0 saturated heterocycles. The summed E-state index contributed by atoms with van der Waals surface area (Å²) in [6.45, 7) is 4.37. The van der Waals surface area contributed by atoms with Crippen LogP contribution in [0.15, 0.2) is 34.9 Å². The minimum atomic E-state index is 0.756. The maximum Gasteiger partial charge on any atom is 0.134 e. The van der Waals surface area contributed by atoms with Gasteiger partial charge in [0, 0.05) is 44.2 Å². The molecule has 0 saturated carbocycles. The molecular weight excluding hydrogens is 228 g/mol. The second-order valence-electron chi connectivity index (χ2n) is 4.18. The second kappa shape index (κ2) is 7.16. The molecule has 0 unspecified atom stereocenters. The van der Waals surface area contributed by atoms with Gasteiger partial charge in [-0.25, -0.2) is 0 Å². The van der Waals surface area contributed by atoms with E-state index < -0.39 is 0 Å². The van der Waals surface area contributed by atoms with Crippen LogP contribution < -0.4 is 10.6 Å². The van der Waals surface area contributed by atoms with Crippen LogP contribution >= 0.6 is 0 Å². The van der Waals surface area contributed by atoms with Gasteiger partial charge in [0.25, 0.3) is 0 Å². The zero-order valence-corrected chi connectivity index (χ0v) is 10.7. The second-order valence-corrected chi connectivity index (χ2v) is 4.18. The number of para-hydroxylation sites is 1. The number of fused-ring (bicyclic) bond motifs is 1. The Morgan fingerprint density at radius 2 is 1.94 bits per heavy atom. The number of rotatable bonds is 8. The predicted molar refractivity (Wildman–Crippen MR) is 72.7 cm³/mol. The van der Waals surface area contributed by atoms with Crippen molar-refractivity contribution in [2.24, 2.45) is 0 Å². The SMILES string of the molecule is COCCNCCNCc1coc2ccccc12. The Morgan fingerprint density at radius 1 is 1.11 bits per heavy atom. The highest BCUT2D eigenvalue weighted by Gasteiger charge is 2.03. The summed E-state index contributed by atoms with van der Waals surface area (Å²) in [7, 11) is 1.71. The van der Waals surface area contributed by atoms with E-state index in [1.807, 2.05) is 24.5 Å². The van der Waals surface area contributed by atoms with Gasteiger partial charge in [-0.2, -0.15) is 0 Å². The zero-order chi connectivity index (χ0) is 12.6. The van der Waals surface area contributed by atoms with Crippen LogP contribution in [-0.2, 0) is 11.3 Å². The van der Waals surface area contributed by atoms with E-state index in [-0.39, 0.29) is 0 Å². The molecule has 0 spiro atoms. The van der Waals surface area contributed by atoms with Crippen molar-refractivity contribution in [1.82, 2.24) is 10.6 Å². The molecule has 4 nitrogen and oxygen atoms in total. The number of benzene rings is 1. The maximum absolute atomic E-state index is 5.49. The van der Waals surface area contributed by atoms with E-state index in [1.165, 1.54) is 10.9 Å². The third kappa shape index (κ3) is 3.57. The summed E-state index contributed by atoms with van der Waals surface area (Å²) in [6, 6.07) is 8.11. The van der Waals surface area contributed by atoms with E-state index in [9.17, 15) is 0 Å². The molecule has 1 aromatic carbocycles. The van der Waals surface area contributed by atoms with Gasteiger partial charge in [0.2, 0.25) is 0 Å². The predicted octanol–water partition coefficient (Wildman–Crippen LogP) is 1.76. The van der Waals surface area contributed by atoms with Crippen molar-refractivity contribution in [3.8, 4) is 0 Å². The van der Waals surface area contributed by atoms with Crippen LogP contribution in [0.25, 0.3) is 11.0 Å². The number of hydrogen-bond donors (Lipinski definition) is 2. The molecule has 2 aromatic rings. The summed E-state index contributed by atoms with van der Waals surface area (Å²) >= 11 is 0. The van der Waals surface area contributed by atoms with Gasteiger partial charge in [0.15, 0.2) is 0 Å². The monoisotopic (exact) mass is 248 g/mol. The average Bonchev–Trinajstić information content (AvgIpc) is 2.81. The fourth-order valence-corrected chi connectivity index (χ4v) is 1.87. The number of furan rings is 1. The molecule has 2 N–H and O–H groups in total. The highest BCUT2D eigenvalue weighted by atomic mass is 16.5. The van der Waals surface area contributed by atoms with Gasteiger partial charge in [-0.05, 0) is 6.07 Å². The first-order valence-electron chi connectivity index (χ1n) is 6.27. The quantitative estimate of drug-likeness (QED) is 0.699. The van der Waals surface area contributed by atoms with Gasteiger partial charge >= 0.3 is 0 Å². The number of hydrogen-bond acceptors (Lipinski definition) is 4. The Hall–Kier alpha value is -1.36. The van der Waals surface area contributed by atoms with Gasteiger partial charge in [0.1, 0.15) is 5.58 Å². The summed E-state index contributed by atoms with van der Waals surface area (Å²) in [4.78, 5) is 0. The first-order valence-corrected chi connectivity index (χ1v) is 6.27. The van der Waals surface area contributed by atoms with Crippen molar-refractivity contribution in [3.05, 3.63) is 36.1 Å². The smallest absolute Gasteiger partial charge is 0.134 e. The van der Waals surface area contributed by atoms with Crippen LogP contribution in [0, 0.1) is 0 Å². The molecule has 0 atom stereocenters. The van der Waals surface area contributed by atoms with Crippen molar-refractivity contribution in [2.45, 2.75) is 6.54 Å². The number of nitrogens with one attached hydrogen (secondary N) is 2. The van der Waals surface area contributed by atoms with E-state index in [1.54, 1.807) is 7.11 Å². The van der Waals surface area contributed by atoms with Crippen LogP contribution in [-0.4, -0.2) is 33.4 Å². The summed E-state index contributed by atoms with van der Waals surface area (Å²) in [5.41, 5.74) is 2.16. The lowest BCUT2D eigenvalue weighted by Gasteiger charge is -2.05. The molecule has 18 heavy (non-hydrogen) atoms. The highest BCUT2D eigenvalue weighted by Crippen LogP contribution is 2.20. The molecule has 0 radical (unpaired) electrons. The lowest BCUT2D eigenvalue weighted by Crippen LogP contribution is -2.29. The third-order valence-corrected chi connectivity index (χ3v) is 2.84. The van der Waals surface area contributed by atoms with Crippen LogP contribution in [0.3, 0.4) is 0 Å². The van der Waals surface area contributed by atoms with Gasteiger partial charge in [-0.15, -0.1) is 0 Å². The Bertz CT molecular complexity index is 468. The largest absolute Gasteiger partial charge is 0.464 e. The highest BCUT2D eigenvalue weighted by molar-refractivity contribution is 5.80. The van der Waals surface area contributed by atoms with Crippen molar-refractivity contribution in [3.63, 3.8) is 0 Å². The molecule has 1 heterocycles. The molecule has 4 heteroatoms. The Labute approximate surface area is 107 Å². The first-order chi connectivity index (χ1) is 8.92. The molecule has 0 amide bonds. The molecule has 98 valence electrons. The van der Waals surface area contributed by atoms with Gasteiger partial charge in [-0.3, -0.25) is 0 Å². The van der Waals surface area contributed by atoms with E-state index in [4.69, 9.17) is 9.15 Å². The van der Waals surface area contributed by atoms with Crippen molar-refractivity contribution < 1.29 is 9.15 Å². The van der Waals surface area contributed by atoms with Crippen molar-refractivity contribution in [1.29, 1.82) is 0 Å². The Kier molecular flexibility index (Phi) is 5.20. The summed E-state index contributed by atoms with van der Waals surface area (Å²) in [6.07, 6.45) is 1.83. The minimum Gasteiger partial charge on any atom is -0.464 e.